The van der Waals surface area contributed by atoms with Gasteiger partial charge in [-0.15, -0.1) is 12.4 Å². The van der Waals surface area contributed by atoms with Crippen molar-refractivity contribution in [3.05, 3.63) is 28.6 Å². The molecule has 2 rings (SSSR count). The molecule has 0 bridgehead atoms. The maximum atomic E-state index is 10.5. The van der Waals surface area contributed by atoms with Crippen molar-refractivity contribution in [1.82, 2.24) is 10.3 Å². The molecule has 0 unspecified atom stereocenters. The van der Waals surface area contributed by atoms with E-state index < -0.39 is 4.92 Å². The number of nitro groups is 1. The molecule has 1 N–H and O–H groups in total. The Balaban J connectivity index is 0.00000144. The van der Waals surface area contributed by atoms with Gasteiger partial charge in [-0.1, -0.05) is 0 Å². The van der Waals surface area contributed by atoms with E-state index in [-0.39, 0.29) is 18.1 Å². The summed E-state index contributed by atoms with van der Waals surface area (Å²) in [6.07, 6.45) is 4.94. The van der Waals surface area contributed by atoms with Crippen LogP contribution >= 0.6 is 12.4 Å². The van der Waals surface area contributed by atoms with E-state index in [1.807, 2.05) is 0 Å². The highest BCUT2D eigenvalue weighted by atomic mass is 35.5. The van der Waals surface area contributed by atoms with Crippen LogP contribution in [0.5, 0.6) is 5.75 Å². The van der Waals surface area contributed by atoms with Gasteiger partial charge in [0, 0.05) is 6.04 Å². The van der Waals surface area contributed by atoms with E-state index in [0.717, 1.165) is 19.4 Å². The van der Waals surface area contributed by atoms with E-state index in [0.29, 0.717) is 18.4 Å². The lowest BCUT2D eigenvalue weighted by atomic mass is 10.2. The molecule has 2 heterocycles. The summed E-state index contributed by atoms with van der Waals surface area (Å²) in [6, 6.07) is 1.74. The molecule has 0 spiro atoms. The summed E-state index contributed by atoms with van der Waals surface area (Å²) in [4.78, 5) is 13.8. The van der Waals surface area contributed by atoms with E-state index in [2.05, 4.69) is 10.3 Å². The number of nitrogens with zero attached hydrogens (tertiary/aromatic N) is 2. The van der Waals surface area contributed by atoms with Gasteiger partial charge in [-0.3, -0.25) is 15.1 Å². The lowest BCUT2D eigenvalue weighted by Gasteiger charge is -2.11. The van der Waals surface area contributed by atoms with Gasteiger partial charge in [0.15, 0.2) is 0 Å². The summed E-state index contributed by atoms with van der Waals surface area (Å²) in [5.41, 5.74) is -0.0446. The fourth-order valence-corrected chi connectivity index (χ4v) is 1.68. The Kier molecular flexibility index (Phi) is 5.11. The van der Waals surface area contributed by atoms with Gasteiger partial charge in [0.1, 0.15) is 18.6 Å². The third-order valence-electron chi connectivity index (χ3n) is 2.52. The Labute approximate surface area is 105 Å². The zero-order chi connectivity index (χ0) is 11.4. The molecule has 0 saturated carbocycles. The second-order valence-electron chi connectivity index (χ2n) is 3.74. The van der Waals surface area contributed by atoms with Gasteiger partial charge in [0.05, 0.1) is 17.2 Å². The number of nitrogens with one attached hydrogen (secondary N) is 1. The molecule has 94 valence electrons. The Morgan fingerprint density at radius 2 is 2.41 bits per heavy atom. The number of rotatable bonds is 4. The van der Waals surface area contributed by atoms with Crippen molar-refractivity contribution >= 4 is 18.1 Å². The van der Waals surface area contributed by atoms with Gasteiger partial charge in [-0.2, -0.15) is 0 Å². The standard InChI is InChI=1S/C10H13N3O3.ClH/c14-13(15)9-4-10(6-11-5-9)16-7-8-2-1-3-12-8;/h4-6,8,12H,1-3,7H2;1H/t8-;/m0./s1. The molecule has 0 aromatic carbocycles. The van der Waals surface area contributed by atoms with Gasteiger partial charge >= 0.3 is 0 Å². The SMILES string of the molecule is Cl.O=[N+]([O-])c1cncc(OC[C@@H]2CCCN2)c1. The topological polar surface area (TPSA) is 77.3 Å². The molecule has 1 saturated heterocycles. The molecule has 0 amide bonds. The van der Waals surface area contributed by atoms with Crippen LogP contribution in [0.3, 0.4) is 0 Å². The average Bonchev–Trinajstić information content (AvgIpc) is 2.79. The van der Waals surface area contributed by atoms with E-state index in [1.165, 1.54) is 18.5 Å². The molecule has 1 fully saturated rings. The lowest BCUT2D eigenvalue weighted by Crippen LogP contribution is -2.28. The third kappa shape index (κ3) is 3.83. The first-order valence-corrected chi connectivity index (χ1v) is 5.21. The lowest BCUT2D eigenvalue weighted by molar-refractivity contribution is -0.385. The molecule has 1 aliphatic heterocycles. The fourth-order valence-electron chi connectivity index (χ4n) is 1.68. The average molecular weight is 260 g/mol. The minimum absolute atomic E-state index is 0. The minimum Gasteiger partial charge on any atom is -0.490 e. The minimum atomic E-state index is -0.478. The Hall–Kier alpha value is -1.40. The smallest absolute Gasteiger partial charge is 0.291 e. The van der Waals surface area contributed by atoms with Gasteiger partial charge in [0.25, 0.3) is 5.69 Å². The van der Waals surface area contributed by atoms with E-state index in [4.69, 9.17) is 4.74 Å². The molecule has 0 radical (unpaired) electrons. The first-order valence-electron chi connectivity index (χ1n) is 5.21. The molecule has 1 aromatic rings. The van der Waals surface area contributed by atoms with Crippen LogP contribution in [0.2, 0.25) is 0 Å². The molecule has 7 heteroatoms. The van der Waals surface area contributed by atoms with Gasteiger partial charge in [-0.25, -0.2) is 0 Å². The van der Waals surface area contributed by atoms with Crippen LogP contribution in [-0.4, -0.2) is 29.1 Å². The quantitative estimate of drug-likeness (QED) is 0.656. The summed E-state index contributed by atoms with van der Waals surface area (Å²) in [7, 11) is 0. The summed E-state index contributed by atoms with van der Waals surface area (Å²) in [5.74, 6) is 0.447. The fraction of sp³-hybridized carbons (Fsp3) is 0.500. The van der Waals surface area contributed by atoms with Gasteiger partial charge in [-0.05, 0) is 19.4 Å². The molecule has 1 atom stereocenters. The van der Waals surface area contributed by atoms with Crippen LogP contribution in [0.1, 0.15) is 12.8 Å². The molecule has 1 aromatic heterocycles. The number of halogens is 1. The summed E-state index contributed by atoms with van der Waals surface area (Å²) in [5, 5.41) is 13.8. The van der Waals surface area contributed by atoms with Crippen molar-refractivity contribution in [3.63, 3.8) is 0 Å². The first-order chi connectivity index (χ1) is 7.75. The summed E-state index contributed by atoms with van der Waals surface area (Å²) in [6.45, 7) is 1.55. The van der Waals surface area contributed by atoms with Crippen LogP contribution in [-0.2, 0) is 0 Å². The predicted molar refractivity (Wildman–Crippen MR) is 64.7 cm³/mol. The number of ether oxygens (including phenoxy) is 1. The largest absolute Gasteiger partial charge is 0.490 e. The number of aromatic nitrogens is 1. The van der Waals surface area contributed by atoms with Crippen molar-refractivity contribution in [1.29, 1.82) is 0 Å². The van der Waals surface area contributed by atoms with Crippen LogP contribution in [0.15, 0.2) is 18.5 Å². The number of hydrogen-bond donors (Lipinski definition) is 1. The molecule has 0 aliphatic carbocycles. The monoisotopic (exact) mass is 259 g/mol. The zero-order valence-corrected chi connectivity index (χ0v) is 9.98. The van der Waals surface area contributed by atoms with Crippen molar-refractivity contribution in [2.24, 2.45) is 0 Å². The summed E-state index contributed by atoms with van der Waals surface area (Å²) >= 11 is 0. The molecule has 17 heavy (non-hydrogen) atoms. The maximum Gasteiger partial charge on any atom is 0.291 e. The maximum absolute atomic E-state index is 10.5. The highest BCUT2D eigenvalue weighted by Gasteiger charge is 2.15. The number of hydrogen-bond acceptors (Lipinski definition) is 5. The van der Waals surface area contributed by atoms with Crippen LogP contribution < -0.4 is 10.1 Å². The van der Waals surface area contributed by atoms with Crippen molar-refractivity contribution in [3.8, 4) is 5.75 Å². The first kappa shape index (κ1) is 13.7. The van der Waals surface area contributed by atoms with Crippen molar-refractivity contribution in [2.45, 2.75) is 18.9 Å². The van der Waals surface area contributed by atoms with E-state index in [1.54, 1.807) is 0 Å². The second-order valence-corrected chi connectivity index (χ2v) is 3.74. The van der Waals surface area contributed by atoms with Crippen LogP contribution in [0.4, 0.5) is 5.69 Å². The summed E-state index contributed by atoms with van der Waals surface area (Å²) < 4.78 is 5.45. The molecular weight excluding hydrogens is 246 g/mol. The highest BCUT2D eigenvalue weighted by Crippen LogP contribution is 2.17. The zero-order valence-electron chi connectivity index (χ0n) is 9.17. The Morgan fingerprint density at radius 3 is 3.06 bits per heavy atom. The molecule has 1 aliphatic rings. The van der Waals surface area contributed by atoms with Gasteiger partial charge < -0.3 is 10.1 Å². The second kappa shape index (κ2) is 6.36. The van der Waals surface area contributed by atoms with Gasteiger partial charge in [0.2, 0.25) is 0 Å². The Morgan fingerprint density at radius 1 is 1.59 bits per heavy atom. The Bertz CT molecular complexity index is 383. The van der Waals surface area contributed by atoms with Crippen LogP contribution in [0.25, 0.3) is 0 Å². The van der Waals surface area contributed by atoms with E-state index >= 15 is 0 Å². The predicted octanol–water partition coefficient (Wildman–Crippen LogP) is 1.54. The third-order valence-corrected chi connectivity index (χ3v) is 2.52. The molecule has 6 nitrogen and oxygen atoms in total. The van der Waals surface area contributed by atoms with E-state index in [9.17, 15) is 10.1 Å². The molecular formula is C10H14ClN3O3. The normalized spacial score (nSPS) is 18.5. The van der Waals surface area contributed by atoms with Crippen molar-refractivity contribution < 1.29 is 9.66 Å². The van der Waals surface area contributed by atoms with Crippen molar-refractivity contribution in [2.75, 3.05) is 13.2 Å². The number of pyridine rings is 1. The van der Waals surface area contributed by atoms with Crippen LogP contribution in [0, 0.1) is 10.1 Å². The highest BCUT2D eigenvalue weighted by molar-refractivity contribution is 5.85.